The summed E-state index contributed by atoms with van der Waals surface area (Å²) >= 11 is 1.11. The topological polar surface area (TPSA) is 85.1 Å². The van der Waals surface area contributed by atoms with Crippen LogP contribution in [0.2, 0.25) is 0 Å². The molecule has 0 aromatic carbocycles. The summed E-state index contributed by atoms with van der Waals surface area (Å²) < 4.78 is 67.4. The van der Waals surface area contributed by atoms with Crippen molar-refractivity contribution in [3.63, 3.8) is 0 Å². The maximum absolute atomic E-state index is 12.5. The van der Waals surface area contributed by atoms with E-state index in [1.54, 1.807) is 13.0 Å². The zero-order valence-corrected chi connectivity index (χ0v) is 13.8. The lowest BCUT2D eigenvalue weighted by atomic mass is 10.2. The van der Waals surface area contributed by atoms with Gasteiger partial charge in [0.25, 0.3) is 0 Å². The highest BCUT2D eigenvalue weighted by atomic mass is 32.2. The molecule has 0 spiro atoms. The lowest BCUT2D eigenvalue weighted by molar-refractivity contribution is -0.159. The Morgan fingerprint density at radius 2 is 2.04 bits per heavy atom. The highest BCUT2D eigenvalue weighted by molar-refractivity contribution is 7.89. The molecule has 0 fully saturated rings. The third-order valence-electron chi connectivity index (χ3n) is 2.97. The van der Waals surface area contributed by atoms with Crippen LogP contribution < -0.4 is 4.72 Å². The first-order valence-electron chi connectivity index (χ1n) is 6.67. The van der Waals surface area contributed by atoms with E-state index in [2.05, 4.69) is 19.4 Å². The van der Waals surface area contributed by atoms with Gasteiger partial charge in [0.05, 0.1) is 16.7 Å². The minimum absolute atomic E-state index is 0.0541. The Morgan fingerprint density at radius 3 is 2.57 bits per heavy atom. The van der Waals surface area contributed by atoms with Gasteiger partial charge in [-0.05, 0) is 25.5 Å². The normalized spacial score (nSPS) is 14.1. The average Bonchev–Trinajstić information content (AvgIpc) is 3.12. The molecule has 23 heavy (non-hydrogen) atoms. The Bertz CT molecular complexity index is 768. The van der Waals surface area contributed by atoms with E-state index in [9.17, 15) is 21.6 Å². The minimum atomic E-state index is -4.70. The Balaban J connectivity index is 2.24. The number of sulfonamides is 1. The maximum Gasteiger partial charge on any atom is 0.471 e. The number of aromatic nitrogens is 2. The van der Waals surface area contributed by atoms with Gasteiger partial charge in [-0.25, -0.2) is 13.1 Å². The van der Waals surface area contributed by atoms with Crippen molar-refractivity contribution >= 4 is 21.4 Å². The lowest BCUT2D eigenvalue weighted by Gasteiger charge is -2.14. The first kappa shape index (κ1) is 17.9. The fraction of sp³-hybridized carbons (Fsp3) is 0.500. The standard InChI is InChI=1S/C12H14F3N3O3S2/c1-3-7(18-23(19,20)4-2)8-5-6-9(22-8)10-16-11(21-17-10)12(13,14)15/h5-7,18H,3-4H2,1-2H3. The lowest BCUT2D eigenvalue weighted by Crippen LogP contribution is -2.29. The third-order valence-corrected chi connectivity index (χ3v) is 5.57. The molecule has 1 N–H and O–H groups in total. The predicted molar refractivity (Wildman–Crippen MR) is 78.2 cm³/mol. The van der Waals surface area contributed by atoms with Crippen LogP contribution in [0.25, 0.3) is 10.7 Å². The van der Waals surface area contributed by atoms with Crippen molar-refractivity contribution in [3.05, 3.63) is 22.9 Å². The fourth-order valence-electron chi connectivity index (χ4n) is 1.74. The van der Waals surface area contributed by atoms with Gasteiger partial charge in [-0.1, -0.05) is 12.1 Å². The molecule has 1 atom stereocenters. The molecule has 2 aromatic rings. The van der Waals surface area contributed by atoms with E-state index in [1.807, 2.05) is 0 Å². The van der Waals surface area contributed by atoms with Crippen LogP contribution in [0, 0.1) is 0 Å². The second-order valence-electron chi connectivity index (χ2n) is 4.61. The number of nitrogens with zero attached hydrogens (tertiary/aromatic N) is 2. The Hall–Kier alpha value is -1.46. The molecular formula is C12H14F3N3O3S2. The summed E-state index contributed by atoms with van der Waals surface area (Å²) in [6, 6.07) is 2.72. The summed E-state index contributed by atoms with van der Waals surface area (Å²) in [7, 11) is -3.39. The first-order valence-corrected chi connectivity index (χ1v) is 9.14. The highest BCUT2D eigenvalue weighted by Crippen LogP contribution is 2.34. The van der Waals surface area contributed by atoms with Gasteiger partial charge in [0.1, 0.15) is 0 Å². The van der Waals surface area contributed by atoms with Crippen LogP contribution >= 0.6 is 11.3 Å². The Kier molecular flexibility index (Phi) is 5.11. The summed E-state index contributed by atoms with van der Waals surface area (Å²) in [5, 5.41) is 3.31. The van der Waals surface area contributed by atoms with E-state index >= 15 is 0 Å². The summed E-state index contributed by atoms with van der Waals surface area (Å²) in [5.41, 5.74) is 0. The summed E-state index contributed by atoms with van der Waals surface area (Å²) in [6.45, 7) is 3.32. The molecule has 0 bridgehead atoms. The maximum atomic E-state index is 12.5. The van der Waals surface area contributed by atoms with E-state index in [1.165, 1.54) is 13.0 Å². The van der Waals surface area contributed by atoms with Crippen molar-refractivity contribution in [2.45, 2.75) is 32.5 Å². The number of nitrogens with one attached hydrogen (secondary N) is 1. The van der Waals surface area contributed by atoms with Gasteiger partial charge < -0.3 is 4.52 Å². The van der Waals surface area contributed by atoms with E-state index in [4.69, 9.17) is 0 Å². The van der Waals surface area contributed by atoms with E-state index in [0.29, 0.717) is 16.2 Å². The molecule has 2 heterocycles. The zero-order chi connectivity index (χ0) is 17.3. The Labute approximate surface area is 134 Å². The van der Waals surface area contributed by atoms with E-state index < -0.39 is 28.1 Å². The van der Waals surface area contributed by atoms with Crippen LogP contribution in [-0.4, -0.2) is 24.3 Å². The van der Waals surface area contributed by atoms with Crippen LogP contribution in [0.15, 0.2) is 16.7 Å². The van der Waals surface area contributed by atoms with Gasteiger partial charge in [0, 0.05) is 4.88 Å². The molecule has 0 saturated heterocycles. The van der Waals surface area contributed by atoms with Crippen molar-refractivity contribution < 1.29 is 26.1 Å². The molecule has 0 saturated carbocycles. The first-order chi connectivity index (χ1) is 10.7. The molecular weight excluding hydrogens is 355 g/mol. The molecule has 0 amide bonds. The molecule has 0 radical (unpaired) electrons. The largest absolute Gasteiger partial charge is 0.471 e. The molecule has 0 aliphatic carbocycles. The zero-order valence-electron chi connectivity index (χ0n) is 12.2. The van der Waals surface area contributed by atoms with Crippen molar-refractivity contribution in [2.75, 3.05) is 5.75 Å². The highest BCUT2D eigenvalue weighted by Gasteiger charge is 2.38. The summed E-state index contributed by atoms with van der Waals surface area (Å²) in [5.74, 6) is -1.65. The molecule has 1 unspecified atom stereocenters. The van der Waals surface area contributed by atoms with Crippen molar-refractivity contribution in [2.24, 2.45) is 0 Å². The number of hydrogen-bond acceptors (Lipinski definition) is 6. The van der Waals surface area contributed by atoms with E-state index in [0.717, 1.165) is 11.3 Å². The van der Waals surface area contributed by atoms with Gasteiger partial charge in [0.15, 0.2) is 0 Å². The second-order valence-corrected chi connectivity index (χ2v) is 7.76. The van der Waals surface area contributed by atoms with Gasteiger partial charge in [-0.15, -0.1) is 11.3 Å². The fourth-order valence-corrected chi connectivity index (χ4v) is 3.78. The number of thiophene rings is 1. The number of rotatable bonds is 6. The van der Waals surface area contributed by atoms with Gasteiger partial charge in [-0.3, -0.25) is 0 Å². The second kappa shape index (κ2) is 6.57. The smallest absolute Gasteiger partial charge is 0.329 e. The van der Waals surface area contributed by atoms with Crippen LogP contribution in [0.1, 0.15) is 37.1 Å². The SMILES string of the molecule is CCC(NS(=O)(=O)CC)c1ccc(-c2noc(C(F)(F)F)n2)s1. The van der Waals surface area contributed by atoms with Crippen LogP contribution in [0.5, 0.6) is 0 Å². The summed E-state index contributed by atoms with van der Waals surface area (Å²) in [4.78, 5) is 4.34. The van der Waals surface area contributed by atoms with Crippen molar-refractivity contribution in [1.29, 1.82) is 0 Å². The molecule has 2 rings (SSSR count). The number of halogens is 3. The molecule has 6 nitrogen and oxygen atoms in total. The minimum Gasteiger partial charge on any atom is -0.329 e. The molecule has 0 aliphatic rings. The quantitative estimate of drug-likeness (QED) is 0.845. The molecule has 11 heteroatoms. The predicted octanol–water partition coefficient (Wildman–Crippen LogP) is 3.21. The van der Waals surface area contributed by atoms with Crippen LogP contribution in [0.3, 0.4) is 0 Å². The van der Waals surface area contributed by atoms with Gasteiger partial charge in [0.2, 0.25) is 15.8 Å². The van der Waals surface area contributed by atoms with Crippen LogP contribution in [0.4, 0.5) is 13.2 Å². The van der Waals surface area contributed by atoms with Gasteiger partial charge >= 0.3 is 12.1 Å². The summed E-state index contributed by atoms with van der Waals surface area (Å²) in [6.07, 6.45) is -4.20. The van der Waals surface area contributed by atoms with Crippen LogP contribution in [-0.2, 0) is 16.2 Å². The Morgan fingerprint density at radius 1 is 1.35 bits per heavy atom. The van der Waals surface area contributed by atoms with E-state index in [-0.39, 0.29) is 11.6 Å². The number of alkyl halides is 3. The third kappa shape index (κ3) is 4.30. The van der Waals surface area contributed by atoms with Gasteiger partial charge in [-0.2, -0.15) is 18.2 Å². The average molecular weight is 369 g/mol. The number of hydrogen-bond donors (Lipinski definition) is 1. The molecule has 2 aromatic heterocycles. The van der Waals surface area contributed by atoms with Crippen molar-refractivity contribution in [1.82, 2.24) is 14.9 Å². The van der Waals surface area contributed by atoms with Crippen molar-refractivity contribution in [3.8, 4) is 10.7 Å². The molecule has 128 valence electrons. The molecule has 0 aliphatic heterocycles. The monoisotopic (exact) mass is 369 g/mol.